The zero-order valence-electron chi connectivity index (χ0n) is 50.9. The van der Waals surface area contributed by atoms with Gasteiger partial charge in [-0.2, -0.15) is 0 Å². The van der Waals surface area contributed by atoms with Gasteiger partial charge in [0.2, 0.25) is 5.91 Å². The molecule has 11 nitrogen and oxygen atoms in total. The maximum atomic E-state index is 13.2. The molecule has 9 unspecified atom stereocenters. The van der Waals surface area contributed by atoms with E-state index in [2.05, 4.69) is 43.5 Å². The molecule has 1 saturated heterocycles. The molecule has 0 aromatic rings. The number of hydrogen-bond acceptors (Lipinski definition) is 10. The van der Waals surface area contributed by atoms with E-state index in [0.717, 1.165) is 44.9 Å². The Morgan fingerprint density at radius 2 is 0.782 bits per heavy atom. The number of rotatable bonds is 59. The van der Waals surface area contributed by atoms with Crippen LogP contribution in [0, 0.1) is 0 Å². The van der Waals surface area contributed by atoms with Crippen LogP contribution >= 0.6 is 0 Å². The number of hydrogen-bond donors (Lipinski definition) is 8. The summed E-state index contributed by atoms with van der Waals surface area (Å²) in [5.74, 6) is -0.692. The van der Waals surface area contributed by atoms with Crippen molar-refractivity contribution in [1.82, 2.24) is 5.32 Å². The Balaban J connectivity index is 2.21. The second-order valence-electron chi connectivity index (χ2n) is 23.9. The third-order valence-corrected chi connectivity index (χ3v) is 16.5. The van der Waals surface area contributed by atoms with Crippen LogP contribution in [0.1, 0.15) is 328 Å². The van der Waals surface area contributed by atoms with E-state index in [9.17, 15) is 40.5 Å². The summed E-state index contributed by atoms with van der Waals surface area (Å²) in [5.41, 5.74) is 0. The van der Waals surface area contributed by atoms with Crippen molar-refractivity contribution in [2.24, 2.45) is 0 Å². The fourth-order valence-electron chi connectivity index (χ4n) is 11.1. The van der Waals surface area contributed by atoms with E-state index in [0.29, 0.717) is 19.3 Å². The van der Waals surface area contributed by atoms with Gasteiger partial charge in [0, 0.05) is 0 Å². The number of aliphatic hydroxyl groups is 7. The third kappa shape index (κ3) is 43.3. The van der Waals surface area contributed by atoms with Crippen molar-refractivity contribution in [1.29, 1.82) is 0 Å². The minimum Gasteiger partial charge on any atom is -0.394 e. The Labute approximate surface area is 480 Å². The summed E-state index contributed by atoms with van der Waals surface area (Å²) < 4.78 is 11.2. The van der Waals surface area contributed by atoms with Gasteiger partial charge in [-0.1, -0.05) is 308 Å². The predicted molar refractivity (Wildman–Crippen MR) is 326 cm³/mol. The topological polar surface area (TPSA) is 189 Å². The highest BCUT2D eigenvalue weighted by molar-refractivity contribution is 5.80. The molecule has 1 amide bonds. The molecular formula is C67H129NO10. The SMILES string of the molecule is CCCCCCCCCCC/C=C\C/C=C\CCCCCCCCCCCCCCCCC(O)C(=O)NC(COC1OC(CO)C(O)C(O)C1O)C(O)C(O)CCCCCCCCCCCCCCCCCCCCCCC. The van der Waals surface area contributed by atoms with Crippen LogP contribution in [0.2, 0.25) is 0 Å². The number of aliphatic hydroxyl groups excluding tert-OH is 7. The average Bonchev–Trinajstić information content (AvgIpc) is 3.46. The number of unbranched alkanes of at least 4 members (excludes halogenated alkanes) is 43. The number of carbonyl (C=O) groups is 1. The molecule has 1 fully saturated rings. The van der Waals surface area contributed by atoms with E-state index < -0.39 is 74.2 Å². The Morgan fingerprint density at radius 1 is 0.449 bits per heavy atom. The maximum absolute atomic E-state index is 13.2. The molecule has 0 spiro atoms. The van der Waals surface area contributed by atoms with E-state index in [4.69, 9.17) is 9.47 Å². The smallest absolute Gasteiger partial charge is 0.249 e. The summed E-state index contributed by atoms with van der Waals surface area (Å²) in [6.45, 7) is 3.51. The Kier molecular flexibility index (Phi) is 53.6. The average molecular weight is 1110 g/mol. The first kappa shape index (κ1) is 74.6. The van der Waals surface area contributed by atoms with Gasteiger partial charge in [0.05, 0.1) is 25.4 Å². The van der Waals surface area contributed by atoms with Crippen LogP contribution in [-0.4, -0.2) is 110 Å². The van der Waals surface area contributed by atoms with Crippen LogP contribution in [0.25, 0.3) is 0 Å². The van der Waals surface area contributed by atoms with Crippen LogP contribution in [0.4, 0.5) is 0 Å². The van der Waals surface area contributed by atoms with Crippen molar-refractivity contribution in [2.75, 3.05) is 13.2 Å². The third-order valence-electron chi connectivity index (χ3n) is 16.5. The molecule has 1 aliphatic heterocycles. The number of ether oxygens (including phenoxy) is 2. The van der Waals surface area contributed by atoms with Crippen LogP contribution in [-0.2, 0) is 14.3 Å². The molecule has 0 saturated carbocycles. The van der Waals surface area contributed by atoms with Gasteiger partial charge in [-0.25, -0.2) is 0 Å². The highest BCUT2D eigenvalue weighted by Crippen LogP contribution is 2.24. The Bertz CT molecular complexity index is 1320. The molecule has 0 aromatic heterocycles. The molecular weight excluding hydrogens is 979 g/mol. The van der Waals surface area contributed by atoms with Gasteiger partial charge < -0.3 is 50.5 Å². The monoisotopic (exact) mass is 1110 g/mol. The minimum atomic E-state index is -1.66. The second-order valence-corrected chi connectivity index (χ2v) is 23.9. The molecule has 1 rings (SSSR count). The maximum Gasteiger partial charge on any atom is 0.249 e. The van der Waals surface area contributed by atoms with Gasteiger partial charge in [0.1, 0.15) is 36.6 Å². The molecule has 0 aliphatic carbocycles. The van der Waals surface area contributed by atoms with E-state index in [1.165, 1.54) is 244 Å². The van der Waals surface area contributed by atoms with Crippen LogP contribution in [0.5, 0.6) is 0 Å². The highest BCUT2D eigenvalue weighted by Gasteiger charge is 2.44. The van der Waals surface area contributed by atoms with Crippen molar-refractivity contribution >= 4 is 5.91 Å². The first-order valence-corrected chi connectivity index (χ1v) is 33.7. The Hall–Kier alpha value is -1.41. The molecule has 1 aliphatic rings. The second kappa shape index (κ2) is 56.1. The van der Waals surface area contributed by atoms with Crippen molar-refractivity contribution in [2.45, 2.75) is 384 Å². The molecule has 0 bridgehead atoms. The van der Waals surface area contributed by atoms with Gasteiger partial charge in [-0.15, -0.1) is 0 Å². The molecule has 8 N–H and O–H groups in total. The van der Waals surface area contributed by atoms with E-state index in [1.54, 1.807) is 0 Å². The van der Waals surface area contributed by atoms with E-state index >= 15 is 0 Å². The van der Waals surface area contributed by atoms with Crippen LogP contribution < -0.4 is 5.32 Å². The number of allylic oxidation sites excluding steroid dienone is 4. The minimum absolute atomic E-state index is 0.262. The van der Waals surface area contributed by atoms with Crippen molar-refractivity contribution in [3.8, 4) is 0 Å². The van der Waals surface area contributed by atoms with Gasteiger partial charge >= 0.3 is 0 Å². The lowest BCUT2D eigenvalue weighted by Gasteiger charge is -2.40. The molecule has 0 aromatic carbocycles. The summed E-state index contributed by atoms with van der Waals surface area (Å²) in [6, 6.07) is -1.17. The zero-order valence-corrected chi connectivity index (χ0v) is 50.9. The Morgan fingerprint density at radius 3 is 1.14 bits per heavy atom. The lowest BCUT2D eigenvalue weighted by molar-refractivity contribution is -0.303. The van der Waals surface area contributed by atoms with Crippen molar-refractivity contribution in [3.05, 3.63) is 24.3 Å². The van der Waals surface area contributed by atoms with E-state index in [-0.39, 0.29) is 6.42 Å². The van der Waals surface area contributed by atoms with Gasteiger partial charge in [-0.3, -0.25) is 4.79 Å². The first-order chi connectivity index (χ1) is 38.2. The largest absolute Gasteiger partial charge is 0.394 e. The predicted octanol–water partition coefficient (Wildman–Crippen LogP) is 15.6. The van der Waals surface area contributed by atoms with Crippen molar-refractivity contribution < 1.29 is 50.0 Å². The van der Waals surface area contributed by atoms with Gasteiger partial charge in [0.15, 0.2) is 6.29 Å². The highest BCUT2D eigenvalue weighted by atomic mass is 16.7. The lowest BCUT2D eigenvalue weighted by atomic mass is 9.98. The summed E-state index contributed by atoms with van der Waals surface area (Å²) >= 11 is 0. The standard InChI is InChI=1S/C67H129NO10/c1-3-5-7-9-11-13-15-17-19-21-23-25-26-27-28-29-30-31-32-33-35-37-39-41-43-45-47-49-51-53-55-60(71)66(76)68-58(57-77-67-65(75)64(74)63(73)61(56-69)78-67)62(72)59(70)54-52-50-48-46-44-42-40-38-36-34-24-22-20-18-16-14-12-10-8-6-4-2/h23,25,27-28,58-65,67,69-75H,3-22,24,26,29-57H2,1-2H3,(H,68,76)/b25-23-,28-27-. The fourth-order valence-corrected chi connectivity index (χ4v) is 11.1. The molecule has 78 heavy (non-hydrogen) atoms. The molecule has 9 atom stereocenters. The summed E-state index contributed by atoms with van der Waals surface area (Å²) in [7, 11) is 0. The van der Waals surface area contributed by atoms with Crippen LogP contribution in [0.15, 0.2) is 24.3 Å². The van der Waals surface area contributed by atoms with Crippen molar-refractivity contribution in [3.63, 3.8) is 0 Å². The molecule has 1 heterocycles. The lowest BCUT2D eigenvalue weighted by Crippen LogP contribution is -2.60. The molecule has 11 heteroatoms. The number of amides is 1. The number of carbonyl (C=O) groups excluding carboxylic acids is 1. The molecule has 0 radical (unpaired) electrons. The van der Waals surface area contributed by atoms with Crippen LogP contribution in [0.3, 0.4) is 0 Å². The first-order valence-electron chi connectivity index (χ1n) is 33.7. The van der Waals surface area contributed by atoms with E-state index in [1.807, 2.05) is 0 Å². The summed E-state index contributed by atoms with van der Waals surface area (Å²) in [4.78, 5) is 13.2. The zero-order chi connectivity index (χ0) is 56.8. The summed E-state index contributed by atoms with van der Waals surface area (Å²) in [5, 5.41) is 76.4. The summed E-state index contributed by atoms with van der Waals surface area (Å²) in [6.07, 6.45) is 58.1. The normalized spacial score (nSPS) is 19.5. The van der Waals surface area contributed by atoms with Gasteiger partial charge in [0.25, 0.3) is 0 Å². The number of nitrogens with one attached hydrogen (secondary N) is 1. The van der Waals surface area contributed by atoms with Gasteiger partial charge in [-0.05, 0) is 44.9 Å². The molecule has 462 valence electrons. The fraction of sp³-hybridized carbons (Fsp3) is 0.925. The quantitative estimate of drug-likeness (QED) is 0.0215.